The van der Waals surface area contributed by atoms with Gasteiger partial charge in [-0.2, -0.15) is 5.10 Å². The molecule has 19 heavy (non-hydrogen) atoms. The molecule has 0 saturated carbocycles. The lowest BCUT2D eigenvalue weighted by atomic mass is 10.2. The fourth-order valence-corrected chi connectivity index (χ4v) is 1.52. The Hall–Kier alpha value is -2.33. The van der Waals surface area contributed by atoms with Crippen LogP contribution in [0.1, 0.15) is 5.56 Å². The van der Waals surface area contributed by atoms with Crippen LogP contribution < -0.4 is 10.7 Å². The van der Waals surface area contributed by atoms with E-state index in [-0.39, 0.29) is 0 Å². The summed E-state index contributed by atoms with van der Waals surface area (Å²) in [6.45, 7) is 0. The van der Waals surface area contributed by atoms with Gasteiger partial charge >= 0.3 is 6.03 Å². The predicted molar refractivity (Wildman–Crippen MR) is 77.6 cm³/mol. The SMILES string of the molecule is O=C(NN=Cc1ccccc1)Nc1ccc(Cl)cc1. The van der Waals surface area contributed by atoms with Crippen molar-refractivity contribution < 1.29 is 4.79 Å². The van der Waals surface area contributed by atoms with Crippen molar-refractivity contribution in [3.8, 4) is 0 Å². The molecule has 0 fully saturated rings. The molecule has 0 heterocycles. The molecule has 0 spiro atoms. The van der Waals surface area contributed by atoms with E-state index in [9.17, 15) is 4.79 Å². The third-order valence-electron chi connectivity index (χ3n) is 2.28. The van der Waals surface area contributed by atoms with Crippen LogP contribution in [0.2, 0.25) is 5.02 Å². The highest BCUT2D eigenvalue weighted by Crippen LogP contribution is 2.12. The fraction of sp³-hybridized carbons (Fsp3) is 0. The average Bonchev–Trinajstić information content (AvgIpc) is 2.43. The minimum atomic E-state index is -0.408. The second-order valence-corrected chi connectivity index (χ2v) is 4.18. The zero-order valence-corrected chi connectivity index (χ0v) is 10.8. The molecular formula is C14H12ClN3O. The van der Waals surface area contributed by atoms with Crippen molar-refractivity contribution in [3.05, 3.63) is 65.2 Å². The van der Waals surface area contributed by atoms with E-state index in [0.717, 1.165) is 5.56 Å². The minimum Gasteiger partial charge on any atom is -0.307 e. The van der Waals surface area contributed by atoms with Gasteiger partial charge in [0.1, 0.15) is 0 Å². The molecule has 0 atom stereocenters. The van der Waals surface area contributed by atoms with E-state index in [1.807, 2.05) is 30.3 Å². The third kappa shape index (κ3) is 4.44. The van der Waals surface area contributed by atoms with Crippen molar-refractivity contribution in [3.63, 3.8) is 0 Å². The van der Waals surface area contributed by atoms with Gasteiger partial charge in [0.25, 0.3) is 0 Å². The highest BCUT2D eigenvalue weighted by Gasteiger charge is 1.99. The largest absolute Gasteiger partial charge is 0.339 e. The third-order valence-corrected chi connectivity index (χ3v) is 2.53. The lowest BCUT2D eigenvalue weighted by molar-refractivity contribution is 0.252. The number of benzene rings is 2. The standard InChI is InChI=1S/C14H12ClN3O/c15-12-6-8-13(9-7-12)17-14(19)18-16-10-11-4-2-1-3-5-11/h1-10H,(H2,17,18,19). The summed E-state index contributed by atoms with van der Waals surface area (Å²) < 4.78 is 0. The summed E-state index contributed by atoms with van der Waals surface area (Å²) in [6.07, 6.45) is 1.57. The minimum absolute atomic E-state index is 0.408. The van der Waals surface area contributed by atoms with E-state index in [1.54, 1.807) is 30.5 Å². The van der Waals surface area contributed by atoms with E-state index < -0.39 is 6.03 Å². The van der Waals surface area contributed by atoms with Crippen LogP contribution in [0.4, 0.5) is 10.5 Å². The van der Waals surface area contributed by atoms with Gasteiger partial charge in [-0.15, -0.1) is 0 Å². The number of urea groups is 1. The first kappa shape index (κ1) is 13.1. The van der Waals surface area contributed by atoms with E-state index in [4.69, 9.17) is 11.6 Å². The summed E-state index contributed by atoms with van der Waals surface area (Å²) in [6, 6.07) is 15.9. The van der Waals surface area contributed by atoms with Gasteiger partial charge in [-0.3, -0.25) is 0 Å². The summed E-state index contributed by atoms with van der Waals surface area (Å²) in [5.74, 6) is 0. The van der Waals surface area contributed by atoms with Crippen molar-refractivity contribution in [2.24, 2.45) is 5.10 Å². The molecule has 96 valence electrons. The first-order valence-corrected chi connectivity index (χ1v) is 6.02. The molecule has 0 radical (unpaired) electrons. The maximum atomic E-state index is 11.5. The van der Waals surface area contributed by atoms with Crippen molar-refractivity contribution in [2.75, 3.05) is 5.32 Å². The molecule has 2 rings (SSSR count). The van der Waals surface area contributed by atoms with E-state index >= 15 is 0 Å². The summed E-state index contributed by atoms with van der Waals surface area (Å²) in [7, 11) is 0. The van der Waals surface area contributed by atoms with Crippen LogP contribution in [-0.2, 0) is 0 Å². The second kappa shape index (κ2) is 6.56. The number of hydrogen-bond acceptors (Lipinski definition) is 2. The van der Waals surface area contributed by atoms with Crippen molar-refractivity contribution in [1.29, 1.82) is 0 Å². The molecule has 2 aromatic rings. The Morgan fingerprint density at radius 3 is 2.42 bits per heavy atom. The van der Waals surface area contributed by atoms with E-state index in [2.05, 4.69) is 15.8 Å². The molecular weight excluding hydrogens is 262 g/mol. The molecule has 0 aliphatic carbocycles. The quantitative estimate of drug-likeness (QED) is 0.653. The molecule has 0 bridgehead atoms. The number of nitrogens with zero attached hydrogens (tertiary/aromatic N) is 1. The number of carbonyl (C=O) groups is 1. The molecule has 2 amide bonds. The number of carbonyl (C=O) groups excluding carboxylic acids is 1. The Kier molecular flexibility index (Phi) is 4.53. The average molecular weight is 274 g/mol. The number of halogens is 1. The monoisotopic (exact) mass is 273 g/mol. The first-order chi connectivity index (χ1) is 9.24. The Bertz CT molecular complexity index is 567. The summed E-state index contributed by atoms with van der Waals surface area (Å²) in [5.41, 5.74) is 3.94. The van der Waals surface area contributed by atoms with Crippen LogP contribution in [0.3, 0.4) is 0 Å². The Morgan fingerprint density at radius 2 is 1.74 bits per heavy atom. The van der Waals surface area contributed by atoms with Crippen LogP contribution in [0.5, 0.6) is 0 Å². The predicted octanol–water partition coefficient (Wildman–Crippen LogP) is 3.50. The molecule has 2 aromatic carbocycles. The van der Waals surface area contributed by atoms with E-state index in [1.165, 1.54) is 0 Å². The summed E-state index contributed by atoms with van der Waals surface area (Å²) in [4.78, 5) is 11.5. The molecule has 2 N–H and O–H groups in total. The zero-order valence-electron chi connectivity index (χ0n) is 10.0. The maximum Gasteiger partial charge on any atom is 0.339 e. The van der Waals surface area contributed by atoms with Crippen molar-refractivity contribution in [2.45, 2.75) is 0 Å². The maximum absolute atomic E-state index is 11.5. The Balaban J connectivity index is 1.85. The Labute approximate surface area is 116 Å². The van der Waals surface area contributed by atoms with Gasteiger partial charge in [-0.1, -0.05) is 41.9 Å². The van der Waals surface area contributed by atoms with Crippen LogP contribution in [0, 0.1) is 0 Å². The van der Waals surface area contributed by atoms with Crippen molar-refractivity contribution in [1.82, 2.24) is 5.43 Å². The number of hydrogen-bond donors (Lipinski definition) is 2. The lowest BCUT2D eigenvalue weighted by Gasteiger charge is -2.03. The summed E-state index contributed by atoms with van der Waals surface area (Å²) >= 11 is 5.75. The molecule has 0 aliphatic heterocycles. The molecule has 5 heteroatoms. The molecule has 0 unspecified atom stereocenters. The van der Waals surface area contributed by atoms with E-state index in [0.29, 0.717) is 10.7 Å². The van der Waals surface area contributed by atoms with Gasteiger partial charge in [-0.25, -0.2) is 10.2 Å². The number of amides is 2. The zero-order chi connectivity index (χ0) is 13.5. The topological polar surface area (TPSA) is 53.5 Å². The summed E-state index contributed by atoms with van der Waals surface area (Å²) in [5, 5.41) is 7.09. The normalized spacial score (nSPS) is 10.4. The van der Waals surface area contributed by atoms with Crippen LogP contribution in [0.25, 0.3) is 0 Å². The molecule has 4 nitrogen and oxygen atoms in total. The van der Waals surface area contributed by atoms with Gasteiger partial charge in [-0.05, 0) is 29.8 Å². The number of nitrogens with one attached hydrogen (secondary N) is 2. The van der Waals surface area contributed by atoms with Crippen LogP contribution in [0.15, 0.2) is 59.7 Å². The van der Waals surface area contributed by atoms with Crippen molar-refractivity contribution >= 4 is 29.5 Å². The Morgan fingerprint density at radius 1 is 1.05 bits per heavy atom. The van der Waals surface area contributed by atoms with Gasteiger partial charge in [0.2, 0.25) is 0 Å². The van der Waals surface area contributed by atoms with Gasteiger partial charge in [0.05, 0.1) is 6.21 Å². The molecule has 0 saturated heterocycles. The van der Waals surface area contributed by atoms with Crippen LogP contribution in [-0.4, -0.2) is 12.2 Å². The van der Waals surface area contributed by atoms with Gasteiger partial charge in [0.15, 0.2) is 0 Å². The highest BCUT2D eigenvalue weighted by molar-refractivity contribution is 6.30. The smallest absolute Gasteiger partial charge is 0.307 e. The van der Waals surface area contributed by atoms with Gasteiger partial charge in [0, 0.05) is 10.7 Å². The number of rotatable bonds is 3. The number of anilines is 1. The fourth-order valence-electron chi connectivity index (χ4n) is 1.40. The first-order valence-electron chi connectivity index (χ1n) is 5.65. The lowest BCUT2D eigenvalue weighted by Crippen LogP contribution is -2.24. The molecule has 0 aromatic heterocycles. The highest BCUT2D eigenvalue weighted by atomic mass is 35.5. The number of hydrazone groups is 1. The second-order valence-electron chi connectivity index (χ2n) is 3.74. The van der Waals surface area contributed by atoms with Gasteiger partial charge < -0.3 is 5.32 Å². The van der Waals surface area contributed by atoms with Crippen LogP contribution >= 0.6 is 11.6 Å². The molecule has 0 aliphatic rings.